The maximum atomic E-state index is 12.1. The number of nitrogen functional groups attached to an aromatic ring is 1. The van der Waals surface area contributed by atoms with Gasteiger partial charge in [-0.15, -0.1) is 0 Å². The van der Waals surface area contributed by atoms with Crippen LogP contribution in [0.3, 0.4) is 0 Å². The van der Waals surface area contributed by atoms with Gasteiger partial charge < -0.3 is 11.1 Å². The minimum atomic E-state index is -0.349. The predicted molar refractivity (Wildman–Crippen MR) is 88.0 cm³/mol. The Labute approximate surface area is 139 Å². The second-order valence-electron chi connectivity index (χ2n) is 3.94. The van der Waals surface area contributed by atoms with E-state index in [2.05, 4.69) is 21.2 Å². The van der Waals surface area contributed by atoms with Crippen molar-refractivity contribution in [3.05, 3.63) is 55.4 Å². The monoisotopic (exact) mass is 392 g/mol. The molecule has 3 nitrogen and oxygen atoms in total. The SMILES string of the molecule is Nc1cc(C(=O)Nc2ccc(Cl)cc2Br)cc(Cl)c1Cl. The van der Waals surface area contributed by atoms with Gasteiger partial charge in [-0.2, -0.15) is 0 Å². The lowest BCUT2D eigenvalue weighted by Crippen LogP contribution is -2.12. The molecule has 7 heteroatoms. The summed E-state index contributed by atoms with van der Waals surface area (Å²) in [7, 11) is 0. The van der Waals surface area contributed by atoms with Gasteiger partial charge in [0, 0.05) is 15.1 Å². The number of rotatable bonds is 2. The van der Waals surface area contributed by atoms with Crippen LogP contribution in [-0.2, 0) is 0 Å². The predicted octanol–water partition coefficient (Wildman–Crippen LogP) is 5.24. The summed E-state index contributed by atoms with van der Waals surface area (Å²) in [4.78, 5) is 12.1. The zero-order valence-electron chi connectivity index (χ0n) is 9.88. The van der Waals surface area contributed by atoms with Gasteiger partial charge >= 0.3 is 0 Å². The molecule has 0 bridgehead atoms. The summed E-state index contributed by atoms with van der Waals surface area (Å²) in [6, 6.07) is 7.96. The highest BCUT2D eigenvalue weighted by Gasteiger charge is 2.12. The molecule has 0 atom stereocenters. The van der Waals surface area contributed by atoms with Crippen molar-refractivity contribution in [3.63, 3.8) is 0 Å². The lowest BCUT2D eigenvalue weighted by Gasteiger charge is -2.09. The lowest BCUT2D eigenvalue weighted by atomic mass is 10.2. The molecular weight excluding hydrogens is 386 g/mol. The van der Waals surface area contributed by atoms with Gasteiger partial charge in [-0.3, -0.25) is 4.79 Å². The average Bonchev–Trinajstić information content (AvgIpc) is 2.38. The highest BCUT2D eigenvalue weighted by Crippen LogP contribution is 2.30. The minimum absolute atomic E-state index is 0.229. The molecule has 0 radical (unpaired) electrons. The zero-order valence-corrected chi connectivity index (χ0v) is 13.7. The molecule has 2 aromatic rings. The van der Waals surface area contributed by atoms with Crippen LogP contribution in [0.2, 0.25) is 15.1 Å². The molecule has 0 aromatic heterocycles. The first-order chi connectivity index (χ1) is 9.38. The first-order valence-electron chi connectivity index (χ1n) is 5.39. The molecule has 1 amide bonds. The van der Waals surface area contributed by atoms with Crippen LogP contribution in [0.1, 0.15) is 10.4 Å². The normalized spacial score (nSPS) is 10.4. The van der Waals surface area contributed by atoms with Crippen LogP contribution < -0.4 is 11.1 Å². The van der Waals surface area contributed by atoms with E-state index in [0.29, 0.717) is 20.7 Å². The number of carbonyl (C=O) groups is 1. The number of carbonyl (C=O) groups excluding carboxylic acids is 1. The lowest BCUT2D eigenvalue weighted by molar-refractivity contribution is 0.102. The van der Waals surface area contributed by atoms with E-state index < -0.39 is 0 Å². The van der Waals surface area contributed by atoms with Crippen molar-refractivity contribution in [1.82, 2.24) is 0 Å². The van der Waals surface area contributed by atoms with Crippen molar-refractivity contribution in [3.8, 4) is 0 Å². The molecule has 0 heterocycles. The average molecular weight is 394 g/mol. The second-order valence-corrected chi connectivity index (χ2v) is 6.02. The molecule has 0 aliphatic rings. The quantitative estimate of drug-likeness (QED) is 0.684. The first-order valence-corrected chi connectivity index (χ1v) is 7.32. The van der Waals surface area contributed by atoms with E-state index in [4.69, 9.17) is 40.5 Å². The van der Waals surface area contributed by atoms with Crippen molar-refractivity contribution >= 4 is 68.0 Å². The first kappa shape index (κ1) is 15.4. The summed E-state index contributed by atoms with van der Waals surface area (Å²) in [5, 5.41) is 3.75. The zero-order chi connectivity index (χ0) is 14.9. The van der Waals surface area contributed by atoms with Gasteiger partial charge in [0.05, 0.1) is 21.4 Å². The van der Waals surface area contributed by atoms with Crippen molar-refractivity contribution in [2.75, 3.05) is 11.1 Å². The molecule has 0 aliphatic carbocycles. The summed E-state index contributed by atoms with van der Waals surface area (Å²) in [6.07, 6.45) is 0. The third kappa shape index (κ3) is 3.38. The molecule has 0 aliphatic heterocycles. The van der Waals surface area contributed by atoms with E-state index in [1.54, 1.807) is 18.2 Å². The Bertz CT molecular complexity index is 668. The number of nitrogens with two attached hydrogens (primary N) is 1. The maximum Gasteiger partial charge on any atom is 0.255 e. The van der Waals surface area contributed by atoms with E-state index >= 15 is 0 Å². The van der Waals surface area contributed by atoms with E-state index in [0.717, 1.165) is 0 Å². The van der Waals surface area contributed by atoms with E-state index in [1.807, 2.05) is 0 Å². The minimum Gasteiger partial charge on any atom is -0.397 e. The van der Waals surface area contributed by atoms with Crippen LogP contribution in [0.15, 0.2) is 34.8 Å². The van der Waals surface area contributed by atoms with E-state index in [-0.39, 0.29) is 21.6 Å². The molecule has 3 N–H and O–H groups in total. The third-order valence-electron chi connectivity index (χ3n) is 2.50. The molecule has 0 saturated carbocycles. The van der Waals surface area contributed by atoms with Gasteiger partial charge in [0.25, 0.3) is 5.91 Å². The summed E-state index contributed by atoms with van der Waals surface area (Å²) in [6.45, 7) is 0. The molecule has 0 saturated heterocycles. The molecule has 2 aromatic carbocycles. The fourth-order valence-electron chi connectivity index (χ4n) is 1.53. The summed E-state index contributed by atoms with van der Waals surface area (Å²) >= 11 is 20.9. The fourth-order valence-corrected chi connectivity index (χ4v) is 2.64. The van der Waals surface area contributed by atoms with Crippen LogP contribution in [0.5, 0.6) is 0 Å². The number of hydrogen-bond acceptors (Lipinski definition) is 2. The molecular formula is C13H8BrCl3N2O. The van der Waals surface area contributed by atoms with Gasteiger partial charge in [-0.05, 0) is 46.3 Å². The van der Waals surface area contributed by atoms with Gasteiger partial charge in [-0.25, -0.2) is 0 Å². The number of benzene rings is 2. The second kappa shape index (κ2) is 6.22. The Hall–Kier alpha value is -0.940. The smallest absolute Gasteiger partial charge is 0.255 e. The van der Waals surface area contributed by atoms with Crippen LogP contribution in [0.4, 0.5) is 11.4 Å². The van der Waals surface area contributed by atoms with Crippen molar-refractivity contribution in [1.29, 1.82) is 0 Å². The molecule has 104 valence electrons. The fraction of sp³-hybridized carbons (Fsp3) is 0. The Morgan fingerprint density at radius 2 is 1.85 bits per heavy atom. The Morgan fingerprint density at radius 1 is 1.15 bits per heavy atom. The number of halogens is 4. The van der Waals surface area contributed by atoms with E-state index in [9.17, 15) is 4.79 Å². The standard InChI is InChI=1S/C13H8BrCl3N2O/c14-8-5-7(15)1-2-11(8)19-13(20)6-3-9(16)12(17)10(18)4-6/h1-5H,18H2,(H,19,20). The topological polar surface area (TPSA) is 55.1 Å². The van der Waals surface area contributed by atoms with Gasteiger partial charge in [0.1, 0.15) is 0 Å². The van der Waals surface area contributed by atoms with Crippen LogP contribution in [0.25, 0.3) is 0 Å². The van der Waals surface area contributed by atoms with Gasteiger partial charge in [0.2, 0.25) is 0 Å². The number of nitrogens with one attached hydrogen (secondary N) is 1. The van der Waals surface area contributed by atoms with Crippen molar-refractivity contribution in [2.45, 2.75) is 0 Å². The summed E-state index contributed by atoms with van der Waals surface area (Å²) < 4.78 is 0.673. The van der Waals surface area contributed by atoms with Crippen molar-refractivity contribution in [2.24, 2.45) is 0 Å². The van der Waals surface area contributed by atoms with Crippen LogP contribution in [-0.4, -0.2) is 5.91 Å². The maximum absolute atomic E-state index is 12.1. The largest absolute Gasteiger partial charge is 0.397 e. The van der Waals surface area contributed by atoms with Crippen LogP contribution in [0, 0.1) is 0 Å². The molecule has 0 unspecified atom stereocenters. The Kier molecular flexibility index (Phi) is 4.81. The van der Waals surface area contributed by atoms with Crippen LogP contribution >= 0.6 is 50.7 Å². The Morgan fingerprint density at radius 3 is 2.45 bits per heavy atom. The highest BCUT2D eigenvalue weighted by molar-refractivity contribution is 9.10. The number of amides is 1. The molecule has 0 fully saturated rings. The summed E-state index contributed by atoms with van der Waals surface area (Å²) in [5.74, 6) is -0.349. The molecule has 0 spiro atoms. The summed E-state index contributed by atoms with van der Waals surface area (Å²) in [5.41, 5.74) is 6.83. The van der Waals surface area contributed by atoms with Crippen molar-refractivity contribution < 1.29 is 4.79 Å². The number of hydrogen-bond donors (Lipinski definition) is 2. The Balaban J connectivity index is 2.28. The van der Waals surface area contributed by atoms with Gasteiger partial charge in [0.15, 0.2) is 0 Å². The van der Waals surface area contributed by atoms with E-state index in [1.165, 1.54) is 12.1 Å². The molecule has 2 rings (SSSR count). The number of anilines is 2. The molecule has 20 heavy (non-hydrogen) atoms. The third-order valence-corrected chi connectivity index (χ3v) is 4.21. The van der Waals surface area contributed by atoms with Gasteiger partial charge in [-0.1, -0.05) is 34.8 Å². The highest BCUT2D eigenvalue weighted by atomic mass is 79.9.